The first-order chi connectivity index (χ1) is 7.41. The summed E-state index contributed by atoms with van der Waals surface area (Å²) in [5.41, 5.74) is -0.872. The van der Waals surface area contributed by atoms with E-state index in [9.17, 15) is 13.2 Å². The molecule has 1 heterocycles. The van der Waals surface area contributed by atoms with Crippen LogP contribution in [0.3, 0.4) is 0 Å². The van der Waals surface area contributed by atoms with E-state index in [-0.39, 0.29) is 5.52 Å². The zero-order valence-corrected chi connectivity index (χ0v) is 10.6. The second-order valence-electron chi connectivity index (χ2n) is 3.12. The van der Waals surface area contributed by atoms with E-state index in [4.69, 9.17) is 11.6 Å². The van der Waals surface area contributed by atoms with Gasteiger partial charge < -0.3 is 0 Å². The van der Waals surface area contributed by atoms with E-state index >= 15 is 0 Å². The molecule has 2 aromatic rings. The van der Waals surface area contributed by atoms with Gasteiger partial charge in [-0.25, -0.2) is 0 Å². The molecule has 0 fully saturated rings. The zero-order valence-electron chi connectivity index (χ0n) is 7.65. The van der Waals surface area contributed by atoms with Gasteiger partial charge in [-0.2, -0.15) is 13.2 Å². The van der Waals surface area contributed by atoms with E-state index in [1.165, 1.54) is 18.3 Å². The van der Waals surface area contributed by atoms with Crippen molar-refractivity contribution in [2.45, 2.75) is 6.18 Å². The lowest BCUT2D eigenvalue weighted by Crippen LogP contribution is -2.06. The number of pyridine rings is 1. The Bertz CT molecular complexity index is 553. The highest BCUT2D eigenvalue weighted by molar-refractivity contribution is 14.1. The van der Waals surface area contributed by atoms with Gasteiger partial charge in [-0.15, -0.1) is 0 Å². The van der Waals surface area contributed by atoms with Crippen LogP contribution >= 0.6 is 34.2 Å². The first-order valence-electron chi connectivity index (χ1n) is 4.21. The number of rotatable bonds is 0. The largest absolute Gasteiger partial charge is 0.418 e. The van der Waals surface area contributed by atoms with Crippen molar-refractivity contribution < 1.29 is 13.2 Å². The molecular formula is C10H4ClF3IN. The summed E-state index contributed by atoms with van der Waals surface area (Å²) in [5.74, 6) is 0. The van der Waals surface area contributed by atoms with Crippen LogP contribution in [0.15, 0.2) is 24.4 Å². The molecule has 0 atom stereocenters. The highest BCUT2D eigenvalue weighted by Crippen LogP contribution is 2.36. The number of nitrogens with zero attached hydrogens (tertiary/aromatic N) is 1. The van der Waals surface area contributed by atoms with Crippen LogP contribution in [0.5, 0.6) is 0 Å². The first kappa shape index (κ1) is 11.9. The Morgan fingerprint density at radius 1 is 1.25 bits per heavy atom. The van der Waals surface area contributed by atoms with Gasteiger partial charge in [0.15, 0.2) is 0 Å². The second-order valence-corrected chi connectivity index (χ2v) is 4.66. The number of benzene rings is 1. The third-order valence-electron chi connectivity index (χ3n) is 2.09. The van der Waals surface area contributed by atoms with E-state index in [2.05, 4.69) is 4.98 Å². The fraction of sp³-hybridized carbons (Fsp3) is 0.100. The number of para-hydroxylation sites is 1. The minimum absolute atomic E-state index is 0.111. The van der Waals surface area contributed by atoms with E-state index < -0.39 is 11.7 Å². The molecule has 1 aromatic carbocycles. The fourth-order valence-electron chi connectivity index (χ4n) is 1.40. The van der Waals surface area contributed by atoms with Crippen molar-refractivity contribution in [3.05, 3.63) is 38.6 Å². The molecule has 16 heavy (non-hydrogen) atoms. The molecule has 0 bridgehead atoms. The Labute approximate surface area is 108 Å². The Morgan fingerprint density at radius 2 is 1.94 bits per heavy atom. The molecule has 0 amide bonds. The molecule has 0 N–H and O–H groups in total. The van der Waals surface area contributed by atoms with Crippen molar-refractivity contribution in [1.82, 2.24) is 4.98 Å². The fourth-order valence-corrected chi connectivity index (χ4v) is 2.03. The Morgan fingerprint density at radius 3 is 2.56 bits per heavy atom. The van der Waals surface area contributed by atoms with Crippen LogP contribution in [0.2, 0.25) is 5.02 Å². The number of hydrogen-bond acceptors (Lipinski definition) is 1. The summed E-state index contributed by atoms with van der Waals surface area (Å²) in [7, 11) is 0. The lowest BCUT2D eigenvalue weighted by atomic mass is 10.1. The summed E-state index contributed by atoms with van der Waals surface area (Å²) >= 11 is 7.86. The van der Waals surface area contributed by atoms with Crippen molar-refractivity contribution in [3.63, 3.8) is 0 Å². The minimum atomic E-state index is -4.41. The first-order valence-corrected chi connectivity index (χ1v) is 5.67. The van der Waals surface area contributed by atoms with Crippen molar-refractivity contribution in [1.29, 1.82) is 0 Å². The Hall–Kier alpha value is -0.560. The Kier molecular flexibility index (Phi) is 3.00. The summed E-state index contributed by atoms with van der Waals surface area (Å²) < 4.78 is 38.6. The molecule has 0 aliphatic rings. The standard InChI is InChI=1S/C10H4ClF3IN/c11-8-5-2-1-3-6(10(12,13)14)9(5)16-4-7(8)15/h1-4H. The van der Waals surface area contributed by atoms with E-state index in [1.807, 2.05) is 22.6 Å². The summed E-state index contributed by atoms with van der Waals surface area (Å²) in [4.78, 5) is 3.80. The molecule has 0 spiro atoms. The van der Waals surface area contributed by atoms with Crippen molar-refractivity contribution in [2.75, 3.05) is 0 Å². The van der Waals surface area contributed by atoms with Gasteiger partial charge >= 0.3 is 6.18 Å². The maximum atomic E-state index is 12.7. The summed E-state index contributed by atoms with van der Waals surface area (Å²) in [5, 5.41) is 0.625. The number of hydrogen-bond donors (Lipinski definition) is 0. The van der Waals surface area contributed by atoms with Gasteiger partial charge in [0.2, 0.25) is 0 Å². The van der Waals surface area contributed by atoms with Crippen molar-refractivity contribution in [3.8, 4) is 0 Å². The lowest BCUT2D eigenvalue weighted by molar-refractivity contribution is -0.136. The van der Waals surface area contributed by atoms with Gasteiger partial charge in [-0.3, -0.25) is 4.98 Å². The van der Waals surface area contributed by atoms with Gasteiger partial charge in [-0.1, -0.05) is 23.7 Å². The molecule has 0 aliphatic heterocycles. The van der Waals surface area contributed by atoms with Gasteiger partial charge in [0.05, 0.1) is 19.7 Å². The molecule has 1 aromatic heterocycles. The van der Waals surface area contributed by atoms with E-state index in [0.29, 0.717) is 14.0 Å². The predicted molar refractivity (Wildman–Crippen MR) is 64.5 cm³/mol. The third-order valence-corrected chi connectivity index (χ3v) is 3.64. The number of halogens is 5. The minimum Gasteiger partial charge on any atom is -0.254 e. The van der Waals surface area contributed by atoms with Gasteiger partial charge in [0.1, 0.15) is 0 Å². The lowest BCUT2D eigenvalue weighted by Gasteiger charge is -2.10. The van der Waals surface area contributed by atoms with Crippen LogP contribution in [-0.4, -0.2) is 4.98 Å². The van der Waals surface area contributed by atoms with Gasteiger partial charge in [-0.05, 0) is 28.7 Å². The Balaban J connectivity index is 2.85. The summed E-state index contributed by atoms with van der Waals surface area (Å²) in [6.07, 6.45) is -3.08. The van der Waals surface area contributed by atoms with Gasteiger partial charge in [0, 0.05) is 11.6 Å². The quantitative estimate of drug-likeness (QED) is 0.632. The van der Waals surface area contributed by atoms with E-state index in [0.717, 1.165) is 6.07 Å². The molecule has 0 saturated heterocycles. The topological polar surface area (TPSA) is 12.9 Å². The van der Waals surface area contributed by atoms with Crippen molar-refractivity contribution >= 4 is 45.1 Å². The number of aromatic nitrogens is 1. The molecule has 84 valence electrons. The number of alkyl halides is 3. The zero-order chi connectivity index (χ0) is 11.9. The highest BCUT2D eigenvalue weighted by Gasteiger charge is 2.33. The van der Waals surface area contributed by atoms with Crippen molar-refractivity contribution in [2.24, 2.45) is 0 Å². The molecule has 0 aliphatic carbocycles. The van der Waals surface area contributed by atoms with Crippen LogP contribution in [0.4, 0.5) is 13.2 Å². The van der Waals surface area contributed by atoms with Crippen LogP contribution in [0.25, 0.3) is 10.9 Å². The molecule has 0 unspecified atom stereocenters. The van der Waals surface area contributed by atoms with Crippen LogP contribution in [-0.2, 0) is 6.18 Å². The van der Waals surface area contributed by atoms with Crippen LogP contribution < -0.4 is 0 Å². The van der Waals surface area contributed by atoms with Crippen LogP contribution in [0.1, 0.15) is 5.56 Å². The van der Waals surface area contributed by atoms with Crippen LogP contribution in [0, 0.1) is 3.57 Å². The maximum Gasteiger partial charge on any atom is 0.418 e. The molecule has 6 heteroatoms. The molecule has 1 nitrogen and oxygen atoms in total. The summed E-state index contributed by atoms with van der Waals surface area (Å²) in [6, 6.07) is 3.86. The SMILES string of the molecule is FC(F)(F)c1cccc2c(Cl)c(I)cnc12. The molecule has 0 saturated carbocycles. The molecule has 0 radical (unpaired) electrons. The smallest absolute Gasteiger partial charge is 0.254 e. The van der Waals surface area contributed by atoms with Gasteiger partial charge in [0.25, 0.3) is 0 Å². The van der Waals surface area contributed by atoms with E-state index in [1.54, 1.807) is 0 Å². The summed E-state index contributed by atoms with van der Waals surface area (Å²) in [6.45, 7) is 0. The monoisotopic (exact) mass is 357 g/mol. The normalized spacial score (nSPS) is 12.1. The maximum absolute atomic E-state index is 12.7. The number of fused-ring (bicyclic) bond motifs is 1. The molecular weight excluding hydrogens is 353 g/mol. The predicted octanol–water partition coefficient (Wildman–Crippen LogP) is 4.51. The molecule has 2 rings (SSSR count). The highest BCUT2D eigenvalue weighted by atomic mass is 127. The average molecular weight is 358 g/mol. The average Bonchev–Trinajstić information content (AvgIpc) is 2.21. The second kappa shape index (κ2) is 4.03. The third kappa shape index (κ3) is 1.98.